The number of aromatic hydroxyl groups is 1. The molecular formula is C16H19BrN2O. The van der Waals surface area contributed by atoms with Crippen LogP contribution < -0.4 is 5.32 Å². The summed E-state index contributed by atoms with van der Waals surface area (Å²) in [5.74, 6) is 0.342. The number of aromatic nitrogens is 1. The lowest BCUT2D eigenvalue weighted by Crippen LogP contribution is -2.23. The Morgan fingerprint density at radius 2 is 2.20 bits per heavy atom. The first-order valence-electron chi connectivity index (χ1n) is 6.81. The fourth-order valence-electron chi connectivity index (χ4n) is 2.22. The number of benzene rings is 1. The third-order valence-corrected chi connectivity index (χ3v) is 3.79. The van der Waals surface area contributed by atoms with Crippen molar-refractivity contribution in [2.24, 2.45) is 0 Å². The van der Waals surface area contributed by atoms with Crippen molar-refractivity contribution in [1.29, 1.82) is 0 Å². The number of halogens is 1. The van der Waals surface area contributed by atoms with Crippen molar-refractivity contribution in [2.75, 3.05) is 6.54 Å². The Hall–Kier alpha value is -1.39. The minimum Gasteiger partial charge on any atom is -0.508 e. The van der Waals surface area contributed by atoms with Crippen LogP contribution >= 0.6 is 15.9 Å². The van der Waals surface area contributed by atoms with Crippen molar-refractivity contribution in [1.82, 2.24) is 10.3 Å². The summed E-state index contributed by atoms with van der Waals surface area (Å²) in [6.45, 7) is 2.97. The molecule has 0 saturated heterocycles. The third-order valence-electron chi connectivity index (χ3n) is 3.30. The van der Waals surface area contributed by atoms with Crippen LogP contribution in [-0.2, 0) is 6.42 Å². The van der Waals surface area contributed by atoms with Gasteiger partial charge in [-0.1, -0.05) is 28.9 Å². The number of rotatable bonds is 6. The molecule has 2 rings (SSSR count). The summed E-state index contributed by atoms with van der Waals surface area (Å²) in [7, 11) is 0. The van der Waals surface area contributed by atoms with E-state index >= 15 is 0 Å². The highest BCUT2D eigenvalue weighted by molar-refractivity contribution is 9.10. The maximum absolute atomic E-state index is 9.98. The molecule has 4 heteroatoms. The fourth-order valence-corrected chi connectivity index (χ4v) is 2.59. The largest absolute Gasteiger partial charge is 0.508 e. The van der Waals surface area contributed by atoms with Gasteiger partial charge in [-0.05, 0) is 49.2 Å². The molecule has 2 aromatic rings. The summed E-state index contributed by atoms with van der Waals surface area (Å²) in [6.07, 6.45) is 5.53. The van der Waals surface area contributed by atoms with Crippen molar-refractivity contribution < 1.29 is 5.11 Å². The van der Waals surface area contributed by atoms with Crippen LogP contribution in [-0.4, -0.2) is 16.6 Å². The predicted octanol–water partition coefficient (Wildman–Crippen LogP) is 3.83. The van der Waals surface area contributed by atoms with Crippen LogP contribution in [0.5, 0.6) is 5.75 Å². The molecule has 0 fully saturated rings. The molecule has 0 spiro atoms. The summed E-state index contributed by atoms with van der Waals surface area (Å²) in [5.41, 5.74) is 2.15. The molecule has 0 aliphatic heterocycles. The van der Waals surface area contributed by atoms with E-state index in [0.29, 0.717) is 5.75 Å². The Morgan fingerprint density at radius 1 is 1.35 bits per heavy atom. The van der Waals surface area contributed by atoms with E-state index in [2.05, 4.69) is 39.2 Å². The summed E-state index contributed by atoms with van der Waals surface area (Å²) < 4.78 is 0.984. The lowest BCUT2D eigenvalue weighted by atomic mass is 10.0. The van der Waals surface area contributed by atoms with Gasteiger partial charge in [0.2, 0.25) is 0 Å². The van der Waals surface area contributed by atoms with Gasteiger partial charge >= 0.3 is 0 Å². The van der Waals surface area contributed by atoms with Crippen LogP contribution in [0.4, 0.5) is 0 Å². The van der Waals surface area contributed by atoms with Crippen LogP contribution in [0.3, 0.4) is 0 Å². The van der Waals surface area contributed by atoms with Crippen molar-refractivity contribution in [3.05, 3.63) is 58.3 Å². The molecule has 0 bridgehead atoms. The summed E-state index contributed by atoms with van der Waals surface area (Å²) >= 11 is 3.45. The highest BCUT2D eigenvalue weighted by Gasteiger charge is 2.13. The van der Waals surface area contributed by atoms with Gasteiger partial charge in [0.15, 0.2) is 0 Å². The Kier molecular flexibility index (Phi) is 5.56. The summed E-state index contributed by atoms with van der Waals surface area (Å²) in [6, 6.07) is 9.73. The van der Waals surface area contributed by atoms with Gasteiger partial charge in [-0.3, -0.25) is 4.98 Å². The average molecular weight is 335 g/mol. The van der Waals surface area contributed by atoms with Gasteiger partial charge in [0, 0.05) is 28.5 Å². The molecule has 1 aromatic carbocycles. The number of pyridine rings is 1. The van der Waals surface area contributed by atoms with E-state index in [-0.39, 0.29) is 6.04 Å². The number of hydrogen-bond donors (Lipinski definition) is 2. The zero-order valence-corrected chi connectivity index (χ0v) is 13.1. The van der Waals surface area contributed by atoms with Gasteiger partial charge in [0.05, 0.1) is 0 Å². The second kappa shape index (κ2) is 7.41. The Morgan fingerprint density at radius 3 is 2.90 bits per heavy atom. The van der Waals surface area contributed by atoms with Crippen molar-refractivity contribution in [3.63, 3.8) is 0 Å². The zero-order valence-electron chi connectivity index (χ0n) is 11.5. The average Bonchev–Trinajstić information content (AvgIpc) is 2.48. The van der Waals surface area contributed by atoms with E-state index in [0.717, 1.165) is 29.4 Å². The maximum Gasteiger partial charge on any atom is 0.120 e. The first-order chi connectivity index (χ1) is 9.70. The molecule has 1 aromatic heterocycles. The van der Waals surface area contributed by atoms with Crippen LogP contribution in [0.1, 0.15) is 30.5 Å². The first kappa shape index (κ1) is 15.0. The van der Waals surface area contributed by atoms with Gasteiger partial charge in [-0.25, -0.2) is 0 Å². The van der Waals surface area contributed by atoms with Crippen LogP contribution in [0, 0.1) is 0 Å². The standard InChI is InChI=1S/C16H19BrN2O/c1-2-15(14-10-13(17)5-6-16(14)20)19-9-7-12-4-3-8-18-11-12/h3-6,8,10-11,15,19-20H,2,7,9H2,1H3. The van der Waals surface area contributed by atoms with Crippen molar-refractivity contribution in [3.8, 4) is 5.75 Å². The van der Waals surface area contributed by atoms with E-state index in [9.17, 15) is 5.11 Å². The number of nitrogens with zero attached hydrogens (tertiary/aromatic N) is 1. The normalized spacial score (nSPS) is 12.3. The molecule has 1 unspecified atom stereocenters. The Balaban J connectivity index is 1.97. The zero-order chi connectivity index (χ0) is 14.4. The highest BCUT2D eigenvalue weighted by Crippen LogP contribution is 2.29. The van der Waals surface area contributed by atoms with Gasteiger partial charge in [-0.15, -0.1) is 0 Å². The number of phenols is 1. The minimum absolute atomic E-state index is 0.157. The van der Waals surface area contributed by atoms with E-state index in [1.54, 1.807) is 12.3 Å². The van der Waals surface area contributed by atoms with E-state index in [4.69, 9.17) is 0 Å². The molecule has 0 amide bonds. The monoisotopic (exact) mass is 334 g/mol. The van der Waals surface area contributed by atoms with E-state index < -0.39 is 0 Å². The van der Waals surface area contributed by atoms with Gasteiger partial charge in [0.1, 0.15) is 5.75 Å². The van der Waals surface area contributed by atoms with Crippen molar-refractivity contribution in [2.45, 2.75) is 25.8 Å². The highest BCUT2D eigenvalue weighted by atomic mass is 79.9. The molecule has 3 nitrogen and oxygen atoms in total. The molecule has 0 aliphatic carbocycles. The summed E-state index contributed by atoms with van der Waals surface area (Å²) in [5, 5.41) is 13.5. The van der Waals surface area contributed by atoms with E-state index in [1.165, 1.54) is 5.56 Å². The SMILES string of the molecule is CCC(NCCc1cccnc1)c1cc(Br)ccc1O. The minimum atomic E-state index is 0.157. The van der Waals surface area contributed by atoms with Gasteiger partial charge < -0.3 is 10.4 Å². The molecule has 2 N–H and O–H groups in total. The quantitative estimate of drug-likeness (QED) is 0.843. The predicted molar refractivity (Wildman–Crippen MR) is 84.8 cm³/mol. The molecule has 0 saturated carbocycles. The molecule has 1 atom stereocenters. The molecule has 106 valence electrons. The topological polar surface area (TPSA) is 45.2 Å². The van der Waals surface area contributed by atoms with Gasteiger partial charge in [0.25, 0.3) is 0 Å². The second-order valence-electron chi connectivity index (χ2n) is 4.73. The van der Waals surface area contributed by atoms with Crippen LogP contribution in [0.25, 0.3) is 0 Å². The molecule has 0 aliphatic rings. The lowest BCUT2D eigenvalue weighted by molar-refractivity contribution is 0.442. The first-order valence-corrected chi connectivity index (χ1v) is 7.60. The lowest BCUT2D eigenvalue weighted by Gasteiger charge is -2.19. The fraction of sp³-hybridized carbons (Fsp3) is 0.312. The second-order valence-corrected chi connectivity index (χ2v) is 5.65. The van der Waals surface area contributed by atoms with E-state index in [1.807, 2.05) is 24.4 Å². The number of hydrogen-bond acceptors (Lipinski definition) is 3. The molecule has 20 heavy (non-hydrogen) atoms. The molecule has 0 radical (unpaired) electrons. The Bertz CT molecular complexity index is 545. The van der Waals surface area contributed by atoms with Crippen LogP contribution in [0.15, 0.2) is 47.2 Å². The third kappa shape index (κ3) is 4.05. The molecular weight excluding hydrogens is 316 g/mol. The number of phenolic OH excluding ortho intramolecular Hbond substituents is 1. The smallest absolute Gasteiger partial charge is 0.120 e. The summed E-state index contributed by atoms with van der Waals surface area (Å²) in [4.78, 5) is 4.11. The van der Waals surface area contributed by atoms with Crippen LogP contribution in [0.2, 0.25) is 0 Å². The molecule has 1 heterocycles. The van der Waals surface area contributed by atoms with Gasteiger partial charge in [-0.2, -0.15) is 0 Å². The number of nitrogens with one attached hydrogen (secondary N) is 1. The maximum atomic E-state index is 9.98. The van der Waals surface area contributed by atoms with Crippen molar-refractivity contribution >= 4 is 15.9 Å². The Labute approximate surface area is 128 Å².